The van der Waals surface area contributed by atoms with Gasteiger partial charge in [-0.25, -0.2) is 26.7 Å². The van der Waals surface area contributed by atoms with E-state index in [2.05, 4.69) is 11.7 Å². The minimum atomic E-state index is -2.30. The third-order valence-electron chi connectivity index (χ3n) is 5.39. The second-order valence-corrected chi connectivity index (χ2v) is 8.03. The van der Waals surface area contributed by atoms with E-state index in [0.717, 1.165) is 25.7 Å². The van der Waals surface area contributed by atoms with E-state index in [1.54, 1.807) is 0 Å². The molecule has 0 atom stereocenters. The molecular weight excluding hydrogens is 415 g/mol. The summed E-state index contributed by atoms with van der Waals surface area (Å²) in [4.78, 5) is 11.7. The molecule has 0 spiro atoms. The number of esters is 1. The fourth-order valence-electron chi connectivity index (χ4n) is 3.49. The van der Waals surface area contributed by atoms with Crippen molar-refractivity contribution < 1.29 is 31.5 Å². The first-order chi connectivity index (χ1) is 14.9. The van der Waals surface area contributed by atoms with Gasteiger partial charge in [0.1, 0.15) is 5.56 Å². The number of rotatable bonds is 17. The molecule has 0 radical (unpaired) electrons. The van der Waals surface area contributed by atoms with Crippen LogP contribution in [0.2, 0.25) is 0 Å². The van der Waals surface area contributed by atoms with Gasteiger partial charge in [0.05, 0.1) is 6.61 Å². The number of halogens is 5. The van der Waals surface area contributed by atoms with Crippen LogP contribution in [-0.2, 0) is 4.74 Å². The molecule has 178 valence electrons. The van der Waals surface area contributed by atoms with Gasteiger partial charge in [0.15, 0.2) is 23.3 Å². The monoisotopic (exact) mass is 450 g/mol. The van der Waals surface area contributed by atoms with Crippen LogP contribution in [-0.4, -0.2) is 12.6 Å². The molecule has 0 heterocycles. The van der Waals surface area contributed by atoms with Crippen LogP contribution in [0.15, 0.2) is 0 Å². The Balaban J connectivity index is 2.05. The Kier molecular flexibility index (Phi) is 14.2. The lowest BCUT2D eigenvalue weighted by Crippen LogP contribution is -2.15. The summed E-state index contributed by atoms with van der Waals surface area (Å²) in [7, 11) is 0. The van der Waals surface area contributed by atoms with E-state index in [4.69, 9.17) is 0 Å². The van der Waals surface area contributed by atoms with E-state index in [1.165, 1.54) is 64.2 Å². The first-order valence-electron chi connectivity index (χ1n) is 11.6. The van der Waals surface area contributed by atoms with E-state index >= 15 is 0 Å². The van der Waals surface area contributed by atoms with Crippen LogP contribution in [0.5, 0.6) is 0 Å². The summed E-state index contributed by atoms with van der Waals surface area (Å²) >= 11 is 0. The van der Waals surface area contributed by atoms with Crippen LogP contribution in [0, 0.1) is 29.1 Å². The van der Waals surface area contributed by atoms with Gasteiger partial charge in [0.25, 0.3) is 0 Å². The standard InChI is InChI=1S/C24H35F5O2/c1-2-3-4-5-6-7-8-9-10-11-12-13-14-15-16-17-31-24(30)18-19(25)21(27)23(29)22(28)20(18)26/h2-17H2,1H3. The minimum Gasteiger partial charge on any atom is -0.462 e. The van der Waals surface area contributed by atoms with Crippen molar-refractivity contribution in [3.05, 3.63) is 34.6 Å². The molecule has 0 saturated heterocycles. The zero-order valence-corrected chi connectivity index (χ0v) is 18.5. The van der Waals surface area contributed by atoms with Crippen molar-refractivity contribution in [1.29, 1.82) is 0 Å². The molecule has 7 heteroatoms. The molecule has 0 aliphatic heterocycles. The van der Waals surface area contributed by atoms with Crippen molar-refractivity contribution >= 4 is 5.97 Å². The number of benzene rings is 1. The summed E-state index contributed by atoms with van der Waals surface area (Å²) in [5, 5.41) is 0. The highest BCUT2D eigenvalue weighted by Gasteiger charge is 2.30. The topological polar surface area (TPSA) is 26.3 Å². The fraction of sp³-hybridized carbons (Fsp3) is 0.708. The second-order valence-electron chi connectivity index (χ2n) is 8.03. The molecule has 0 aliphatic rings. The lowest BCUT2D eigenvalue weighted by atomic mass is 10.0. The molecule has 1 aromatic carbocycles. The van der Waals surface area contributed by atoms with Gasteiger partial charge in [0.2, 0.25) is 5.82 Å². The van der Waals surface area contributed by atoms with Crippen molar-refractivity contribution in [3.63, 3.8) is 0 Å². The third kappa shape index (κ3) is 10.0. The maximum Gasteiger partial charge on any atom is 0.344 e. The maximum atomic E-state index is 13.5. The van der Waals surface area contributed by atoms with Crippen LogP contribution < -0.4 is 0 Å². The Bertz CT molecular complexity index is 635. The van der Waals surface area contributed by atoms with Crippen molar-refractivity contribution in [3.8, 4) is 0 Å². The van der Waals surface area contributed by atoms with Crippen molar-refractivity contribution in [2.75, 3.05) is 6.61 Å². The predicted octanol–water partition coefficient (Wildman–Crippen LogP) is 8.41. The number of hydrogen-bond donors (Lipinski definition) is 0. The average molecular weight is 451 g/mol. The second kappa shape index (κ2) is 16.0. The minimum absolute atomic E-state index is 0.128. The number of hydrogen-bond acceptors (Lipinski definition) is 2. The van der Waals surface area contributed by atoms with E-state index in [-0.39, 0.29) is 6.61 Å². The lowest BCUT2D eigenvalue weighted by molar-refractivity contribution is 0.0483. The van der Waals surface area contributed by atoms with Crippen LogP contribution in [0.25, 0.3) is 0 Å². The smallest absolute Gasteiger partial charge is 0.344 e. The Labute approximate surface area is 182 Å². The average Bonchev–Trinajstić information content (AvgIpc) is 2.76. The van der Waals surface area contributed by atoms with Crippen LogP contribution >= 0.6 is 0 Å². The van der Waals surface area contributed by atoms with Gasteiger partial charge < -0.3 is 4.74 Å². The molecule has 0 amide bonds. The summed E-state index contributed by atoms with van der Waals surface area (Å²) in [6.07, 6.45) is 17.4. The third-order valence-corrected chi connectivity index (χ3v) is 5.39. The molecule has 0 N–H and O–H groups in total. The number of ether oxygens (including phenoxy) is 1. The van der Waals surface area contributed by atoms with Gasteiger partial charge in [-0.2, -0.15) is 0 Å². The summed E-state index contributed by atoms with van der Waals surface area (Å²) in [5.74, 6) is -12.5. The van der Waals surface area contributed by atoms with Crippen LogP contribution in [0.4, 0.5) is 22.0 Å². The number of carbonyl (C=O) groups is 1. The van der Waals surface area contributed by atoms with Gasteiger partial charge in [-0.1, -0.05) is 96.8 Å². The summed E-state index contributed by atoms with van der Waals surface area (Å²) < 4.78 is 71.0. The Morgan fingerprint density at radius 2 is 0.871 bits per heavy atom. The summed E-state index contributed by atoms with van der Waals surface area (Å²) in [6, 6.07) is 0. The molecule has 1 aromatic rings. The highest BCUT2D eigenvalue weighted by molar-refractivity contribution is 5.90. The zero-order chi connectivity index (χ0) is 23.1. The molecule has 0 fully saturated rings. The zero-order valence-electron chi connectivity index (χ0n) is 18.5. The normalized spacial score (nSPS) is 11.2. The van der Waals surface area contributed by atoms with E-state index in [9.17, 15) is 26.7 Å². The summed E-state index contributed by atoms with van der Waals surface area (Å²) in [6.45, 7) is 2.10. The fourth-order valence-corrected chi connectivity index (χ4v) is 3.49. The van der Waals surface area contributed by atoms with Gasteiger partial charge in [-0.15, -0.1) is 0 Å². The SMILES string of the molecule is CCCCCCCCCCCCCCCCCOC(=O)c1c(F)c(F)c(F)c(F)c1F. The molecule has 0 aliphatic carbocycles. The lowest BCUT2D eigenvalue weighted by Gasteiger charge is -2.08. The molecular formula is C24H35F5O2. The molecule has 1 rings (SSSR count). The number of carbonyl (C=O) groups excluding carboxylic acids is 1. The first-order valence-corrected chi connectivity index (χ1v) is 11.6. The molecule has 0 saturated carbocycles. The van der Waals surface area contributed by atoms with Crippen molar-refractivity contribution in [2.24, 2.45) is 0 Å². The highest BCUT2D eigenvalue weighted by Crippen LogP contribution is 2.23. The van der Waals surface area contributed by atoms with Crippen LogP contribution in [0.3, 0.4) is 0 Å². The van der Waals surface area contributed by atoms with E-state index in [1.807, 2.05) is 0 Å². The quantitative estimate of drug-likeness (QED) is 0.0783. The Morgan fingerprint density at radius 1 is 0.548 bits per heavy atom. The van der Waals surface area contributed by atoms with E-state index < -0.39 is 40.6 Å². The molecule has 2 nitrogen and oxygen atoms in total. The molecule has 0 unspecified atom stereocenters. The number of unbranched alkanes of at least 4 members (excludes halogenated alkanes) is 14. The van der Waals surface area contributed by atoms with Crippen molar-refractivity contribution in [2.45, 2.75) is 103 Å². The predicted molar refractivity (Wildman–Crippen MR) is 111 cm³/mol. The molecule has 0 bridgehead atoms. The first kappa shape index (κ1) is 27.4. The maximum absolute atomic E-state index is 13.5. The van der Waals surface area contributed by atoms with Gasteiger partial charge in [-0.3, -0.25) is 0 Å². The van der Waals surface area contributed by atoms with Gasteiger partial charge in [-0.05, 0) is 6.42 Å². The summed E-state index contributed by atoms with van der Waals surface area (Å²) in [5.41, 5.74) is -1.54. The van der Waals surface area contributed by atoms with Gasteiger partial charge in [0, 0.05) is 0 Å². The van der Waals surface area contributed by atoms with E-state index in [0.29, 0.717) is 6.42 Å². The largest absolute Gasteiger partial charge is 0.462 e. The van der Waals surface area contributed by atoms with Crippen molar-refractivity contribution in [1.82, 2.24) is 0 Å². The highest BCUT2D eigenvalue weighted by atomic mass is 19.2. The molecule has 0 aromatic heterocycles. The Morgan fingerprint density at radius 3 is 1.26 bits per heavy atom. The van der Waals surface area contributed by atoms with Gasteiger partial charge >= 0.3 is 5.97 Å². The van der Waals surface area contributed by atoms with Crippen LogP contribution in [0.1, 0.15) is 114 Å². The molecule has 31 heavy (non-hydrogen) atoms. The Hall–Kier alpha value is -1.66.